The van der Waals surface area contributed by atoms with Gasteiger partial charge in [-0.05, 0) is 49.2 Å². The summed E-state index contributed by atoms with van der Waals surface area (Å²) in [5.41, 5.74) is 2.55. The number of carbonyl (C=O) groups is 1. The van der Waals surface area contributed by atoms with Crippen molar-refractivity contribution in [1.29, 1.82) is 5.26 Å². The van der Waals surface area contributed by atoms with Gasteiger partial charge in [-0.25, -0.2) is 4.98 Å². The maximum absolute atomic E-state index is 13.0. The van der Waals surface area contributed by atoms with E-state index in [1.165, 1.54) is 36.7 Å². The molecule has 168 valence electrons. The Bertz CT molecular complexity index is 1200. The van der Waals surface area contributed by atoms with Gasteiger partial charge in [0.15, 0.2) is 0 Å². The lowest BCUT2D eigenvalue weighted by Gasteiger charge is -2.21. The summed E-state index contributed by atoms with van der Waals surface area (Å²) in [5.74, 6) is 0.322. The van der Waals surface area contributed by atoms with Gasteiger partial charge < -0.3 is 15.0 Å². The van der Waals surface area contributed by atoms with Gasteiger partial charge in [-0.3, -0.25) is 9.78 Å². The monoisotopic (exact) mass is 449 g/mol. The van der Waals surface area contributed by atoms with Gasteiger partial charge in [-0.2, -0.15) is 14.0 Å². The van der Waals surface area contributed by atoms with Crippen molar-refractivity contribution >= 4 is 17.4 Å². The molecule has 1 fully saturated rings. The molecule has 0 bridgehead atoms. The van der Waals surface area contributed by atoms with Crippen LogP contribution in [0.1, 0.15) is 35.7 Å². The zero-order chi connectivity index (χ0) is 23.4. The first-order valence-electron chi connectivity index (χ1n) is 10.4. The minimum Gasteiger partial charge on any atom is -0.433 e. The number of rotatable bonds is 6. The van der Waals surface area contributed by atoms with E-state index in [4.69, 9.17) is 0 Å². The van der Waals surface area contributed by atoms with Crippen molar-refractivity contribution in [2.24, 2.45) is 0 Å². The third-order valence-corrected chi connectivity index (χ3v) is 5.12. The number of nitrogens with zero attached hydrogens (tertiary/aromatic N) is 4. The first kappa shape index (κ1) is 22.1. The van der Waals surface area contributed by atoms with E-state index >= 15 is 0 Å². The van der Waals surface area contributed by atoms with Crippen molar-refractivity contribution in [3.63, 3.8) is 0 Å². The fourth-order valence-corrected chi connectivity index (χ4v) is 3.64. The molecule has 1 aromatic carbocycles. The van der Waals surface area contributed by atoms with E-state index in [0.717, 1.165) is 31.7 Å². The normalized spacial score (nSPS) is 13.5. The van der Waals surface area contributed by atoms with E-state index in [9.17, 15) is 18.8 Å². The average Bonchev–Trinajstić information content (AvgIpc) is 3.34. The standard InChI is InChI=1S/C24H21F2N5O2/c1-24(25,26)33-20-6-4-19(5-7-20)30-23(32)18-11-21(17-10-16(12-27)13-28-14-17)22(29-15-18)31-8-2-3-9-31/h4-7,10-11,13-15H,2-3,8-9H2,1H3,(H,30,32). The number of alkyl halides is 2. The van der Waals surface area contributed by atoms with Gasteiger partial charge in [-0.1, -0.05) is 0 Å². The summed E-state index contributed by atoms with van der Waals surface area (Å²) in [4.78, 5) is 23.7. The Labute approximate surface area is 189 Å². The lowest BCUT2D eigenvalue weighted by atomic mass is 10.0. The molecule has 4 rings (SSSR count). The second kappa shape index (κ2) is 9.20. The van der Waals surface area contributed by atoms with Gasteiger partial charge in [0.05, 0.1) is 11.1 Å². The van der Waals surface area contributed by atoms with E-state index in [2.05, 4.69) is 31.0 Å². The Balaban J connectivity index is 1.61. The van der Waals surface area contributed by atoms with Crippen molar-refractivity contribution < 1.29 is 18.3 Å². The molecule has 0 unspecified atom stereocenters. The second-order valence-corrected chi connectivity index (χ2v) is 7.75. The summed E-state index contributed by atoms with van der Waals surface area (Å²) < 4.78 is 30.5. The van der Waals surface area contributed by atoms with Crippen molar-refractivity contribution in [2.75, 3.05) is 23.3 Å². The number of benzene rings is 1. The molecule has 1 aliphatic rings. The number of pyridine rings is 2. The van der Waals surface area contributed by atoms with Crippen LogP contribution in [-0.2, 0) is 0 Å². The number of ether oxygens (including phenoxy) is 1. The largest absolute Gasteiger partial charge is 0.433 e. The van der Waals surface area contributed by atoms with Crippen molar-refractivity contribution in [3.05, 3.63) is 66.1 Å². The molecule has 3 heterocycles. The summed E-state index contributed by atoms with van der Waals surface area (Å²) in [6.45, 7) is 2.38. The average molecular weight is 449 g/mol. The van der Waals surface area contributed by atoms with Crippen LogP contribution in [0.2, 0.25) is 0 Å². The molecule has 1 amide bonds. The first-order valence-corrected chi connectivity index (χ1v) is 10.4. The number of carbonyl (C=O) groups excluding carboxylic acids is 1. The molecule has 0 spiro atoms. The molecule has 0 atom stereocenters. The highest BCUT2D eigenvalue weighted by atomic mass is 19.3. The summed E-state index contributed by atoms with van der Waals surface area (Å²) in [6, 6.07) is 11.2. The third-order valence-electron chi connectivity index (χ3n) is 5.12. The zero-order valence-corrected chi connectivity index (χ0v) is 17.9. The number of nitriles is 1. The SMILES string of the molecule is CC(F)(F)Oc1ccc(NC(=O)c2cnc(N3CCCC3)c(-c3cncc(C#N)c3)c2)cc1. The fraction of sp³-hybridized carbons (Fsp3) is 0.250. The van der Waals surface area contributed by atoms with Crippen LogP contribution in [0.25, 0.3) is 11.1 Å². The van der Waals surface area contributed by atoms with Crippen LogP contribution in [0.5, 0.6) is 5.75 Å². The molecule has 2 aromatic heterocycles. The Morgan fingerprint density at radius 2 is 1.88 bits per heavy atom. The zero-order valence-electron chi connectivity index (χ0n) is 17.9. The summed E-state index contributed by atoms with van der Waals surface area (Å²) in [6.07, 6.45) is 3.45. The summed E-state index contributed by atoms with van der Waals surface area (Å²) in [7, 11) is 0. The number of amides is 1. The topological polar surface area (TPSA) is 91.1 Å². The van der Waals surface area contributed by atoms with Gasteiger partial charge in [-0.15, -0.1) is 0 Å². The number of hydrogen-bond acceptors (Lipinski definition) is 6. The summed E-state index contributed by atoms with van der Waals surface area (Å²) >= 11 is 0. The Hall–Kier alpha value is -4.06. The van der Waals surface area contributed by atoms with E-state index in [-0.39, 0.29) is 5.75 Å². The molecule has 9 heteroatoms. The van der Waals surface area contributed by atoms with Crippen LogP contribution < -0.4 is 15.0 Å². The molecule has 1 N–H and O–H groups in total. The highest BCUT2D eigenvalue weighted by molar-refractivity contribution is 6.05. The Kier molecular flexibility index (Phi) is 6.18. The van der Waals surface area contributed by atoms with Gasteiger partial charge in [0.25, 0.3) is 5.91 Å². The number of nitrogens with one attached hydrogen (secondary N) is 1. The van der Waals surface area contributed by atoms with Gasteiger partial charge in [0.2, 0.25) is 0 Å². The van der Waals surface area contributed by atoms with E-state index in [1.807, 2.05) is 0 Å². The molecular formula is C24H21F2N5O2. The van der Waals surface area contributed by atoms with Crippen molar-refractivity contribution in [3.8, 4) is 22.9 Å². The van der Waals surface area contributed by atoms with Crippen LogP contribution in [0.4, 0.5) is 20.3 Å². The first-order chi connectivity index (χ1) is 15.8. The van der Waals surface area contributed by atoms with Crippen LogP contribution in [0.3, 0.4) is 0 Å². The van der Waals surface area contributed by atoms with Gasteiger partial charge >= 0.3 is 6.11 Å². The van der Waals surface area contributed by atoms with Crippen LogP contribution in [0.15, 0.2) is 55.0 Å². The van der Waals surface area contributed by atoms with E-state index in [0.29, 0.717) is 34.9 Å². The van der Waals surface area contributed by atoms with Crippen molar-refractivity contribution in [2.45, 2.75) is 25.9 Å². The number of aromatic nitrogens is 2. The fourth-order valence-electron chi connectivity index (χ4n) is 3.64. The minimum absolute atomic E-state index is 0.00991. The van der Waals surface area contributed by atoms with Crippen LogP contribution >= 0.6 is 0 Å². The maximum atomic E-state index is 13.0. The second-order valence-electron chi connectivity index (χ2n) is 7.75. The molecular weight excluding hydrogens is 428 g/mol. The predicted octanol–water partition coefficient (Wildman–Crippen LogP) is 4.86. The third kappa shape index (κ3) is 5.41. The quantitative estimate of drug-likeness (QED) is 0.578. The lowest BCUT2D eigenvalue weighted by molar-refractivity contribution is -0.158. The smallest absolute Gasteiger partial charge is 0.394 e. The molecule has 0 radical (unpaired) electrons. The minimum atomic E-state index is -3.29. The Morgan fingerprint density at radius 1 is 1.15 bits per heavy atom. The highest BCUT2D eigenvalue weighted by Crippen LogP contribution is 2.32. The number of anilines is 2. The van der Waals surface area contributed by atoms with Gasteiger partial charge in [0, 0.05) is 55.4 Å². The molecule has 7 nitrogen and oxygen atoms in total. The van der Waals surface area contributed by atoms with E-state index in [1.54, 1.807) is 18.3 Å². The maximum Gasteiger partial charge on any atom is 0.394 e. The van der Waals surface area contributed by atoms with Gasteiger partial charge in [0.1, 0.15) is 17.6 Å². The molecule has 33 heavy (non-hydrogen) atoms. The van der Waals surface area contributed by atoms with Crippen molar-refractivity contribution in [1.82, 2.24) is 9.97 Å². The van der Waals surface area contributed by atoms with Crippen LogP contribution in [0, 0.1) is 11.3 Å². The van der Waals surface area contributed by atoms with E-state index < -0.39 is 12.0 Å². The Morgan fingerprint density at radius 3 is 2.55 bits per heavy atom. The molecule has 3 aromatic rings. The predicted molar refractivity (Wildman–Crippen MR) is 119 cm³/mol. The summed E-state index contributed by atoms with van der Waals surface area (Å²) in [5, 5.41) is 12.0. The highest BCUT2D eigenvalue weighted by Gasteiger charge is 2.23. The lowest BCUT2D eigenvalue weighted by Crippen LogP contribution is -2.21. The van der Waals surface area contributed by atoms with Crippen LogP contribution in [-0.4, -0.2) is 35.1 Å². The molecule has 1 saturated heterocycles. The molecule has 1 aliphatic heterocycles. The number of hydrogen-bond donors (Lipinski definition) is 1. The number of halogens is 2. The molecule has 0 saturated carbocycles. The molecule has 0 aliphatic carbocycles.